The van der Waals surface area contributed by atoms with E-state index in [-0.39, 0.29) is 0 Å². The zero-order chi connectivity index (χ0) is 10.2. The fourth-order valence-electron chi connectivity index (χ4n) is 6.33. The van der Waals surface area contributed by atoms with Crippen LogP contribution in [0.5, 0.6) is 5.75 Å². The van der Waals surface area contributed by atoms with E-state index in [1.54, 1.807) is 18.2 Å². The molecule has 0 heterocycles. The zero-order valence-corrected chi connectivity index (χ0v) is 9.26. The largest absolute Gasteiger partial charge is 0.497 e. The molecule has 8 atom stereocenters. The summed E-state index contributed by atoms with van der Waals surface area (Å²) in [6.07, 6.45) is 0. The number of hydrogen-bond donors (Lipinski definition) is 0. The van der Waals surface area contributed by atoms with Crippen LogP contribution in [0.4, 0.5) is 0 Å². The highest BCUT2D eigenvalue weighted by molar-refractivity contribution is 5.56. The molecule has 0 aliphatic heterocycles. The average molecular weight is 210 g/mol. The maximum absolute atomic E-state index is 5.39. The first kappa shape index (κ1) is 7.37. The van der Waals surface area contributed by atoms with Gasteiger partial charge in [-0.1, -0.05) is 6.07 Å². The lowest BCUT2D eigenvalue weighted by Gasteiger charge is -2.37. The molecule has 0 aromatic heterocycles. The van der Waals surface area contributed by atoms with E-state index in [4.69, 9.17) is 4.74 Å². The molecule has 4 fully saturated rings. The summed E-state index contributed by atoms with van der Waals surface area (Å²) in [5.74, 6) is 9.73. The minimum Gasteiger partial charge on any atom is -0.497 e. The zero-order valence-electron chi connectivity index (χ0n) is 9.26. The summed E-state index contributed by atoms with van der Waals surface area (Å²) in [6.45, 7) is 0. The fourth-order valence-corrected chi connectivity index (χ4v) is 6.33. The van der Waals surface area contributed by atoms with E-state index in [0.717, 1.165) is 53.1 Å². The Bertz CT molecular complexity index is 526. The third kappa shape index (κ3) is 0.489. The first-order valence-corrected chi connectivity index (χ1v) is 6.59. The molecule has 6 aliphatic carbocycles. The van der Waals surface area contributed by atoms with Gasteiger partial charge in [0.1, 0.15) is 5.75 Å². The smallest absolute Gasteiger partial charge is 0.119 e. The van der Waals surface area contributed by atoms with E-state index in [2.05, 4.69) is 18.2 Å². The van der Waals surface area contributed by atoms with Crippen LogP contribution in [0.3, 0.4) is 0 Å². The Morgan fingerprint density at radius 1 is 0.812 bits per heavy atom. The molecule has 1 aromatic carbocycles. The molecule has 7 rings (SSSR count). The Hall–Kier alpha value is -0.980. The van der Waals surface area contributed by atoms with Crippen LogP contribution < -0.4 is 4.74 Å². The van der Waals surface area contributed by atoms with E-state index >= 15 is 0 Å². The van der Waals surface area contributed by atoms with Crippen LogP contribution in [0.15, 0.2) is 18.2 Å². The second-order valence-electron chi connectivity index (χ2n) is 6.51. The monoisotopic (exact) mass is 210 g/mol. The van der Waals surface area contributed by atoms with Crippen molar-refractivity contribution in [2.24, 2.45) is 35.5 Å². The van der Waals surface area contributed by atoms with Crippen molar-refractivity contribution >= 4 is 0 Å². The van der Waals surface area contributed by atoms with Crippen molar-refractivity contribution < 1.29 is 4.74 Å². The molecule has 80 valence electrons. The molecule has 4 saturated carbocycles. The summed E-state index contributed by atoms with van der Waals surface area (Å²) in [7, 11) is 1.79. The molecule has 0 radical (unpaired) electrons. The summed E-state index contributed by atoms with van der Waals surface area (Å²) < 4.78 is 5.39. The molecule has 1 nitrogen and oxygen atoms in total. The highest BCUT2D eigenvalue weighted by Gasteiger charge is 2.88. The lowest BCUT2D eigenvalue weighted by Crippen LogP contribution is -2.26. The van der Waals surface area contributed by atoms with Crippen LogP contribution in [-0.2, 0) is 0 Å². The van der Waals surface area contributed by atoms with Crippen molar-refractivity contribution in [3.63, 3.8) is 0 Å². The highest BCUT2D eigenvalue weighted by atomic mass is 16.5. The van der Waals surface area contributed by atoms with Gasteiger partial charge in [0.15, 0.2) is 0 Å². The predicted octanol–water partition coefficient (Wildman–Crippen LogP) is 2.63. The lowest BCUT2D eigenvalue weighted by atomic mass is 9.67. The van der Waals surface area contributed by atoms with Gasteiger partial charge < -0.3 is 4.74 Å². The highest BCUT2D eigenvalue weighted by Crippen LogP contribution is 2.94. The summed E-state index contributed by atoms with van der Waals surface area (Å²) in [5, 5.41) is 0. The Labute approximate surface area is 94.8 Å². The van der Waals surface area contributed by atoms with Crippen molar-refractivity contribution in [1.82, 2.24) is 0 Å². The van der Waals surface area contributed by atoms with Crippen molar-refractivity contribution in [2.45, 2.75) is 11.8 Å². The van der Waals surface area contributed by atoms with Crippen LogP contribution in [0.25, 0.3) is 0 Å². The van der Waals surface area contributed by atoms with Gasteiger partial charge in [0.25, 0.3) is 0 Å². The Morgan fingerprint density at radius 2 is 1.44 bits per heavy atom. The van der Waals surface area contributed by atoms with Crippen molar-refractivity contribution in [3.05, 3.63) is 29.3 Å². The topological polar surface area (TPSA) is 9.23 Å². The van der Waals surface area contributed by atoms with E-state index in [9.17, 15) is 0 Å². The number of ether oxygens (including phenoxy) is 1. The first-order valence-electron chi connectivity index (χ1n) is 6.59. The summed E-state index contributed by atoms with van der Waals surface area (Å²) in [4.78, 5) is 0. The van der Waals surface area contributed by atoms with Gasteiger partial charge in [-0.05, 0) is 70.6 Å². The summed E-state index contributed by atoms with van der Waals surface area (Å²) in [5.41, 5.74) is 3.38. The van der Waals surface area contributed by atoms with E-state index < -0.39 is 0 Å². The fraction of sp³-hybridized carbons (Fsp3) is 0.600. The van der Waals surface area contributed by atoms with Crippen LogP contribution in [0, 0.1) is 35.5 Å². The third-order valence-electron chi connectivity index (χ3n) is 6.50. The van der Waals surface area contributed by atoms with Gasteiger partial charge in [-0.25, -0.2) is 0 Å². The summed E-state index contributed by atoms with van der Waals surface area (Å²) in [6, 6.07) is 6.88. The van der Waals surface area contributed by atoms with E-state index in [0.29, 0.717) is 0 Å². The first-order chi connectivity index (χ1) is 7.92. The van der Waals surface area contributed by atoms with Crippen LogP contribution in [-0.4, -0.2) is 7.11 Å². The molecule has 0 N–H and O–H groups in total. The van der Waals surface area contributed by atoms with Crippen molar-refractivity contribution in [1.29, 1.82) is 0 Å². The predicted molar refractivity (Wildman–Crippen MR) is 59.4 cm³/mol. The molecular formula is C15H14O. The van der Waals surface area contributed by atoms with Gasteiger partial charge in [0.05, 0.1) is 7.11 Å². The molecule has 2 bridgehead atoms. The van der Waals surface area contributed by atoms with Gasteiger partial charge in [0.2, 0.25) is 0 Å². The molecule has 1 heteroatoms. The number of methoxy groups -OCH3 is 1. The maximum Gasteiger partial charge on any atom is 0.119 e. The third-order valence-corrected chi connectivity index (χ3v) is 6.50. The summed E-state index contributed by atoms with van der Waals surface area (Å²) >= 11 is 0. The second-order valence-corrected chi connectivity index (χ2v) is 6.51. The Kier molecular flexibility index (Phi) is 0.843. The second kappa shape index (κ2) is 1.83. The van der Waals surface area contributed by atoms with Gasteiger partial charge >= 0.3 is 0 Å². The normalized spacial score (nSPS) is 59.6. The number of hydrogen-bond acceptors (Lipinski definition) is 1. The molecule has 1 aromatic rings. The van der Waals surface area contributed by atoms with Crippen LogP contribution >= 0.6 is 0 Å². The maximum atomic E-state index is 5.39. The molecule has 0 amide bonds. The number of benzene rings is 1. The minimum absolute atomic E-state index is 0.945. The Morgan fingerprint density at radius 3 is 2.06 bits per heavy atom. The minimum atomic E-state index is 0.945. The van der Waals surface area contributed by atoms with Crippen molar-refractivity contribution in [2.75, 3.05) is 7.11 Å². The van der Waals surface area contributed by atoms with Crippen molar-refractivity contribution in [3.8, 4) is 5.75 Å². The van der Waals surface area contributed by atoms with Gasteiger partial charge in [0, 0.05) is 0 Å². The molecule has 0 saturated heterocycles. The average Bonchev–Trinajstić information content (AvgIpc) is 3.17. The van der Waals surface area contributed by atoms with Crippen LogP contribution in [0.2, 0.25) is 0 Å². The Balaban J connectivity index is 1.67. The lowest BCUT2D eigenvalue weighted by molar-refractivity contribution is 0.317. The quantitative estimate of drug-likeness (QED) is 0.692. The van der Waals surface area contributed by atoms with Gasteiger partial charge in [-0.15, -0.1) is 0 Å². The van der Waals surface area contributed by atoms with Crippen LogP contribution in [0.1, 0.15) is 23.0 Å². The molecule has 16 heavy (non-hydrogen) atoms. The van der Waals surface area contributed by atoms with Gasteiger partial charge in [-0.3, -0.25) is 0 Å². The van der Waals surface area contributed by atoms with E-state index in [1.807, 2.05) is 0 Å². The van der Waals surface area contributed by atoms with E-state index in [1.165, 1.54) is 0 Å². The standard InChI is InChI=1S/C15H14O/c1-16-5-2-3-6-7(4-5)9-12-10-8(6)11-13(9)15(11)14(10)12/h2-4,8-15H,1H3/t8?,9?,10-,11+,12-,13+,14-,15+. The SMILES string of the molecule is COc1ccc2c(c1)C1[C@@H]3[C@H]4C2[C@H]2[C@H]1[C@H]2[C@H]43. The number of rotatable bonds is 1. The molecule has 2 unspecified atom stereocenters. The molecule has 0 spiro atoms. The molecular weight excluding hydrogens is 196 g/mol. The van der Waals surface area contributed by atoms with Gasteiger partial charge in [-0.2, -0.15) is 0 Å². The molecule has 6 aliphatic rings.